The molecule has 3 heterocycles. The molecular formula is C19H21F4N5O. The first-order valence-electron chi connectivity index (χ1n) is 9.73. The number of alkyl halides is 4. The van der Waals surface area contributed by atoms with Gasteiger partial charge in [0.25, 0.3) is 0 Å². The Labute approximate surface area is 164 Å². The number of nitrogens with zero attached hydrogens (tertiary/aromatic N) is 4. The number of anilines is 1. The zero-order chi connectivity index (χ0) is 20.3. The molecule has 2 aromatic heterocycles. The number of ether oxygens (including phenoxy) is 1. The van der Waals surface area contributed by atoms with Gasteiger partial charge in [-0.15, -0.1) is 13.2 Å². The smallest absolute Gasteiger partial charge is 0.402 e. The Morgan fingerprint density at radius 1 is 1.21 bits per heavy atom. The van der Waals surface area contributed by atoms with Crippen LogP contribution in [0.4, 0.5) is 23.4 Å². The minimum atomic E-state index is -4.84. The Balaban J connectivity index is 1.42. The van der Waals surface area contributed by atoms with E-state index in [9.17, 15) is 17.6 Å². The van der Waals surface area contributed by atoms with Crippen LogP contribution >= 0.6 is 0 Å². The van der Waals surface area contributed by atoms with Crippen LogP contribution in [0.25, 0.3) is 11.3 Å². The second-order valence-electron chi connectivity index (χ2n) is 8.09. The van der Waals surface area contributed by atoms with Crippen molar-refractivity contribution in [2.24, 2.45) is 11.8 Å². The quantitative estimate of drug-likeness (QED) is 0.739. The maximum absolute atomic E-state index is 12.6. The second-order valence-corrected chi connectivity index (χ2v) is 8.09. The van der Waals surface area contributed by atoms with E-state index in [1.165, 1.54) is 12.3 Å². The molecule has 5 rings (SSSR count). The van der Waals surface area contributed by atoms with Gasteiger partial charge in [-0.1, -0.05) is 0 Å². The van der Waals surface area contributed by atoms with E-state index < -0.39 is 12.1 Å². The van der Waals surface area contributed by atoms with E-state index >= 15 is 0 Å². The highest BCUT2D eigenvalue weighted by Gasteiger charge is 2.57. The van der Waals surface area contributed by atoms with E-state index in [0.717, 1.165) is 31.8 Å². The highest BCUT2D eigenvalue weighted by atomic mass is 19.4. The number of likely N-dealkylation sites (tertiary alicyclic amines) is 1. The molecule has 0 spiro atoms. The molecule has 29 heavy (non-hydrogen) atoms. The van der Waals surface area contributed by atoms with Crippen LogP contribution in [0.1, 0.15) is 30.6 Å². The van der Waals surface area contributed by atoms with E-state index in [0.29, 0.717) is 41.6 Å². The molecule has 3 fully saturated rings. The molecule has 10 heteroatoms. The lowest BCUT2D eigenvalue weighted by Gasteiger charge is -2.18. The van der Waals surface area contributed by atoms with Crippen LogP contribution in [0.2, 0.25) is 0 Å². The van der Waals surface area contributed by atoms with Gasteiger partial charge in [-0.3, -0.25) is 0 Å². The first-order valence-corrected chi connectivity index (χ1v) is 9.73. The summed E-state index contributed by atoms with van der Waals surface area (Å²) in [5.41, 5.74) is 6.53. The van der Waals surface area contributed by atoms with Gasteiger partial charge in [0, 0.05) is 49.6 Å². The maximum atomic E-state index is 12.6. The van der Waals surface area contributed by atoms with Crippen molar-refractivity contribution in [1.82, 2.24) is 19.4 Å². The molecule has 0 amide bonds. The second kappa shape index (κ2) is 6.58. The van der Waals surface area contributed by atoms with Gasteiger partial charge in [-0.05, 0) is 30.7 Å². The Morgan fingerprint density at radius 2 is 1.93 bits per heavy atom. The lowest BCUT2D eigenvalue weighted by Crippen LogP contribution is -2.27. The average molecular weight is 411 g/mol. The number of hydrogen-bond donors (Lipinski definition) is 1. The van der Waals surface area contributed by atoms with Crippen LogP contribution in [-0.4, -0.2) is 52.1 Å². The fourth-order valence-corrected chi connectivity index (χ4v) is 4.53. The summed E-state index contributed by atoms with van der Waals surface area (Å²) < 4.78 is 56.6. The lowest BCUT2D eigenvalue weighted by atomic mass is 10.2. The molecule has 3 atom stereocenters. The van der Waals surface area contributed by atoms with Gasteiger partial charge in [-0.25, -0.2) is 14.4 Å². The number of nitrogen functional groups attached to an aromatic ring is 1. The molecular weight excluding hydrogens is 390 g/mol. The lowest BCUT2D eigenvalue weighted by molar-refractivity contribution is -0.274. The summed E-state index contributed by atoms with van der Waals surface area (Å²) in [4.78, 5) is 10.7. The molecule has 1 saturated heterocycles. The fourth-order valence-electron chi connectivity index (χ4n) is 4.53. The zero-order valence-corrected chi connectivity index (χ0v) is 15.6. The number of rotatable bonds is 6. The summed E-state index contributed by atoms with van der Waals surface area (Å²) in [6.07, 6.45) is 0.604. The van der Waals surface area contributed by atoms with Crippen molar-refractivity contribution in [3.63, 3.8) is 0 Å². The van der Waals surface area contributed by atoms with Crippen LogP contribution in [-0.2, 0) is 0 Å². The summed E-state index contributed by atoms with van der Waals surface area (Å²) in [6, 6.07) is 1.56. The molecule has 0 bridgehead atoms. The van der Waals surface area contributed by atoms with Gasteiger partial charge in [-0.2, -0.15) is 0 Å². The van der Waals surface area contributed by atoms with Gasteiger partial charge in [0.1, 0.15) is 12.5 Å². The summed E-state index contributed by atoms with van der Waals surface area (Å²) in [6.45, 7) is 1.90. The number of nitrogens with two attached hydrogens (primary N) is 1. The molecule has 2 N–H and O–H groups in total. The topological polar surface area (TPSA) is 69.2 Å². The summed E-state index contributed by atoms with van der Waals surface area (Å²) in [5, 5.41) is 0. The molecule has 2 aromatic rings. The highest BCUT2D eigenvalue weighted by Crippen LogP contribution is 2.57. The first kappa shape index (κ1) is 18.7. The minimum Gasteiger partial charge on any atom is -0.402 e. The van der Waals surface area contributed by atoms with Crippen molar-refractivity contribution in [3.8, 4) is 17.0 Å². The highest BCUT2D eigenvalue weighted by molar-refractivity contribution is 5.64. The third-order valence-corrected chi connectivity index (χ3v) is 6.05. The monoisotopic (exact) mass is 411 g/mol. The van der Waals surface area contributed by atoms with Crippen molar-refractivity contribution in [2.75, 3.05) is 32.0 Å². The summed E-state index contributed by atoms with van der Waals surface area (Å²) >= 11 is 0. The van der Waals surface area contributed by atoms with Crippen LogP contribution in [0, 0.1) is 11.8 Å². The predicted molar refractivity (Wildman–Crippen MR) is 97.0 cm³/mol. The van der Waals surface area contributed by atoms with Crippen molar-refractivity contribution >= 4 is 5.82 Å². The molecule has 0 radical (unpaired) electrons. The van der Waals surface area contributed by atoms with Gasteiger partial charge in [0.05, 0.1) is 5.69 Å². The SMILES string of the molecule is Nc1ncc(-c2cn([C@H]3[C@@H]4CN(CCF)C[C@@H]43)c(C3CC3)n2)cc1OC(F)(F)F. The third-order valence-electron chi connectivity index (χ3n) is 6.05. The van der Waals surface area contributed by atoms with E-state index in [1.54, 1.807) is 0 Å². The van der Waals surface area contributed by atoms with Crippen molar-refractivity contribution < 1.29 is 22.3 Å². The molecule has 156 valence electrons. The van der Waals surface area contributed by atoms with E-state index in [2.05, 4.69) is 19.2 Å². The number of imidazole rings is 1. The Kier molecular flexibility index (Phi) is 4.23. The van der Waals surface area contributed by atoms with Gasteiger partial charge in [0.15, 0.2) is 11.6 Å². The molecule has 6 nitrogen and oxygen atoms in total. The number of fused-ring (bicyclic) bond motifs is 1. The molecule has 0 unspecified atom stereocenters. The average Bonchev–Trinajstić information content (AvgIpc) is 3.52. The molecule has 2 saturated carbocycles. The standard InChI is InChI=1S/C19H21F4N5O/c20-3-4-27-7-12-13(8-27)16(12)28-9-14(26-18(28)10-1-2-10)11-5-15(17(24)25-6-11)29-19(21,22)23/h5-6,9-10,12-13,16H,1-4,7-8H2,(H2,24,25)/t12-,13+,16+. The predicted octanol–water partition coefficient (Wildman–Crippen LogP) is 3.38. The Morgan fingerprint density at radius 3 is 2.55 bits per heavy atom. The van der Waals surface area contributed by atoms with Crippen LogP contribution in [0.15, 0.2) is 18.5 Å². The third kappa shape index (κ3) is 3.54. The number of aromatic nitrogens is 3. The van der Waals surface area contributed by atoms with Crippen LogP contribution in [0.5, 0.6) is 5.75 Å². The molecule has 0 aromatic carbocycles. The number of hydrogen-bond acceptors (Lipinski definition) is 5. The van der Waals surface area contributed by atoms with Crippen LogP contribution in [0.3, 0.4) is 0 Å². The first-order chi connectivity index (χ1) is 13.8. The Bertz CT molecular complexity index is 914. The summed E-state index contributed by atoms with van der Waals surface area (Å²) in [5.74, 6) is 1.48. The summed E-state index contributed by atoms with van der Waals surface area (Å²) in [7, 11) is 0. The van der Waals surface area contributed by atoms with Crippen molar-refractivity contribution in [2.45, 2.75) is 31.2 Å². The van der Waals surface area contributed by atoms with E-state index in [-0.39, 0.29) is 12.5 Å². The largest absolute Gasteiger partial charge is 0.573 e. The van der Waals surface area contributed by atoms with Gasteiger partial charge < -0.3 is 19.9 Å². The maximum Gasteiger partial charge on any atom is 0.573 e. The molecule has 2 aliphatic carbocycles. The van der Waals surface area contributed by atoms with Gasteiger partial charge >= 0.3 is 6.36 Å². The van der Waals surface area contributed by atoms with E-state index in [1.807, 2.05) is 6.20 Å². The zero-order valence-electron chi connectivity index (χ0n) is 15.6. The van der Waals surface area contributed by atoms with Gasteiger partial charge in [0.2, 0.25) is 0 Å². The molecule has 1 aliphatic heterocycles. The normalized spacial score (nSPS) is 26.6. The van der Waals surface area contributed by atoms with Crippen LogP contribution < -0.4 is 10.5 Å². The molecule has 3 aliphatic rings. The fraction of sp³-hybridized carbons (Fsp3) is 0.579. The number of halogens is 4. The van der Waals surface area contributed by atoms with E-state index in [4.69, 9.17) is 10.7 Å². The minimum absolute atomic E-state index is 0.322. The van der Waals surface area contributed by atoms with Crippen molar-refractivity contribution in [1.29, 1.82) is 0 Å². The number of piperidine rings is 1. The Hall–Kier alpha value is -2.36. The van der Waals surface area contributed by atoms with Crippen molar-refractivity contribution in [3.05, 3.63) is 24.3 Å². The number of pyridine rings is 1.